The standard InChI is InChI=1S/C23H21ClN6O3/c1-13-11-19(30-25-8-9-26-30)16(12-20(13)32-3)23(31)29-10-7-18(29)22-27-21(28-33-22)15-5-4-6-17(24)14(15)2/h4-6,8-9,11-12,18H,7,10H2,1-3H3. The van der Waals surface area contributed by atoms with Crippen LogP contribution in [-0.4, -0.2) is 49.6 Å². The molecule has 3 heterocycles. The molecular weight excluding hydrogens is 444 g/mol. The molecule has 0 bridgehead atoms. The Morgan fingerprint density at radius 3 is 2.70 bits per heavy atom. The lowest BCUT2D eigenvalue weighted by Gasteiger charge is -2.38. The van der Waals surface area contributed by atoms with Crippen molar-refractivity contribution in [3.8, 4) is 22.8 Å². The number of amides is 1. The van der Waals surface area contributed by atoms with Gasteiger partial charge in [-0.25, -0.2) is 0 Å². The molecule has 0 N–H and O–H groups in total. The Balaban J connectivity index is 1.47. The van der Waals surface area contributed by atoms with Crippen molar-refractivity contribution < 1.29 is 14.1 Å². The molecule has 168 valence electrons. The molecule has 5 rings (SSSR count). The highest BCUT2D eigenvalue weighted by atomic mass is 35.5. The summed E-state index contributed by atoms with van der Waals surface area (Å²) in [6.07, 6.45) is 3.86. The summed E-state index contributed by atoms with van der Waals surface area (Å²) in [5.74, 6) is 1.27. The van der Waals surface area contributed by atoms with Gasteiger partial charge in [0.05, 0.1) is 30.8 Å². The van der Waals surface area contributed by atoms with E-state index in [0.717, 1.165) is 23.1 Å². The zero-order valence-corrected chi connectivity index (χ0v) is 19.1. The second-order valence-electron chi connectivity index (χ2n) is 7.83. The third-order valence-electron chi connectivity index (χ3n) is 5.89. The molecule has 1 saturated heterocycles. The van der Waals surface area contributed by atoms with Crippen LogP contribution >= 0.6 is 11.6 Å². The van der Waals surface area contributed by atoms with Crippen molar-refractivity contribution in [1.29, 1.82) is 0 Å². The van der Waals surface area contributed by atoms with Crippen molar-refractivity contribution in [1.82, 2.24) is 30.0 Å². The van der Waals surface area contributed by atoms with Crippen LogP contribution in [0.25, 0.3) is 17.1 Å². The van der Waals surface area contributed by atoms with Crippen LogP contribution in [0.5, 0.6) is 5.75 Å². The molecule has 10 heteroatoms. The maximum Gasteiger partial charge on any atom is 0.256 e. The average molecular weight is 465 g/mol. The Labute approximate surface area is 194 Å². The second kappa shape index (κ2) is 8.32. The third kappa shape index (κ3) is 3.64. The summed E-state index contributed by atoms with van der Waals surface area (Å²) in [6.45, 7) is 4.38. The normalized spacial score (nSPS) is 15.4. The van der Waals surface area contributed by atoms with E-state index in [0.29, 0.717) is 40.3 Å². The summed E-state index contributed by atoms with van der Waals surface area (Å²) < 4.78 is 11.0. The number of methoxy groups -OCH3 is 1. The van der Waals surface area contributed by atoms with E-state index in [1.807, 2.05) is 38.1 Å². The van der Waals surface area contributed by atoms with E-state index in [1.165, 1.54) is 4.80 Å². The molecule has 1 aliphatic rings. The van der Waals surface area contributed by atoms with Crippen LogP contribution in [0.4, 0.5) is 0 Å². The molecule has 0 aliphatic carbocycles. The molecule has 1 aliphatic heterocycles. The largest absolute Gasteiger partial charge is 0.496 e. The summed E-state index contributed by atoms with van der Waals surface area (Å²) in [7, 11) is 1.58. The smallest absolute Gasteiger partial charge is 0.256 e. The van der Waals surface area contributed by atoms with Crippen LogP contribution in [-0.2, 0) is 0 Å². The van der Waals surface area contributed by atoms with Gasteiger partial charge in [0.25, 0.3) is 5.91 Å². The van der Waals surface area contributed by atoms with E-state index in [-0.39, 0.29) is 11.9 Å². The number of aryl methyl sites for hydroxylation is 1. The molecule has 4 aromatic rings. The highest BCUT2D eigenvalue weighted by Gasteiger charge is 2.39. The van der Waals surface area contributed by atoms with E-state index in [4.69, 9.17) is 20.9 Å². The van der Waals surface area contributed by atoms with E-state index in [2.05, 4.69) is 20.3 Å². The predicted octanol–water partition coefficient (Wildman–Crippen LogP) is 4.18. The van der Waals surface area contributed by atoms with Crippen molar-refractivity contribution in [3.63, 3.8) is 0 Å². The first kappa shape index (κ1) is 21.1. The Morgan fingerprint density at radius 1 is 1.21 bits per heavy atom. The zero-order valence-electron chi connectivity index (χ0n) is 18.3. The number of halogens is 1. The van der Waals surface area contributed by atoms with Crippen LogP contribution in [0.1, 0.15) is 39.8 Å². The number of likely N-dealkylation sites (tertiary alicyclic amines) is 1. The molecule has 1 fully saturated rings. The molecule has 1 amide bonds. The van der Waals surface area contributed by atoms with Gasteiger partial charge in [-0.1, -0.05) is 28.9 Å². The van der Waals surface area contributed by atoms with Gasteiger partial charge in [-0.15, -0.1) is 0 Å². The van der Waals surface area contributed by atoms with E-state index >= 15 is 0 Å². The van der Waals surface area contributed by atoms with E-state index < -0.39 is 0 Å². The first-order valence-electron chi connectivity index (χ1n) is 10.4. The van der Waals surface area contributed by atoms with Gasteiger partial charge < -0.3 is 14.2 Å². The summed E-state index contributed by atoms with van der Waals surface area (Å²) >= 11 is 6.24. The number of benzene rings is 2. The first-order valence-corrected chi connectivity index (χ1v) is 10.8. The SMILES string of the molecule is COc1cc(C(=O)N2CCC2c2nc(-c3cccc(Cl)c3C)no2)c(-n2nccn2)cc1C. The predicted molar refractivity (Wildman–Crippen MR) is 121 cm³/mol. The quantitative estimate of drug-likeness (QED) is 0.436. The fourth-order valence-corrected chi connectivity index (χ4v) is 4.12. The average Bonchev–Trinajstić information content (AvgIpc) is 3.47. The van der Waals surface area contributed by atoms with Crippen molar-refractivity contribution in [3.05, 3.63) is 70.3 Å². The third-order valence-corrected chi connectivity index (χ3v) is 6.30. The molecule has 0 spiro atoms. The highest BCUT2D eigenvalue weighted by Crippen LogP contribution is 2.37. The summed E-state index contributed by atoms with van der Waals surface area (Å²) in [5.41, 5.74) is 3.56. The van der Waals surface area contributed by atoms with Crippen LogP contribution in [0.15, 0.2) is 47.2 Å². The minimum Gasteiger partial charge on any atom is -0.496 e. The Hall–Kier alpha value is -3.72. The van der Waals surface area contributed by atoms with Gasteiger partial charge in [-0.2, -0.15) is 20.0 Å². The summed E-state index contributed by atoms with van der Waals surface area (Å²) in [5, 5.41) is 13.2. The number of carbonyl (C=O) groups excluding carboxylic acids is 1. The molecular formula is C23H21ClN6O3. The lowest BCUT2D eigenvalue weighted by molar-refractivity contribution is 0.0378. The van der Waals surface area contributed by atoms with Crippen LogP contribution in [0.2, 0.25) is 5.02 Å². The summed E-state index contributed by atoms with van der Waals surface area (Å²) in [6, 6.07) is 8.80. The van der Waals surface area contributed by atoms with Gasteiger partial charge in [0.1, 0.15) is 11.8 Å². The van der Waals surface area contributed by atoms with Crippen LogP contribution < -0.4 is 4.74 Å². The molecule has 1 unspecified atom stereocenters. The number of ether oxygens (including phenoxy) is 1. The van der Waals surface area contributed by atoms with Crippen molar-refractivity contribution in [2.45, 2.75) is 26.3 Å². The molecule has 9 nitrogen and oxygen atoms in total. The number of rotatable bonds is 5. The molecule has 33 heavy (non-hydrogen) atoms. The second-order valence-corrected chi connectivity index (χ2v) is 8.24. The van der Waals surface area contributed by atoms with Gasteiger partial charge >= 0.3 is 0 Å². The van der Waals surface area contributed by atoms with Gasteiger partial charge in [-0.3, -0.25) is 4.79 Å². The van der Waals surface area contributed by atoms with E-state index in [9.17, 15) is 4.79 Å². The molecule has 1 atom stereocenters. The van der Waals surface area contributed by atoms with Crippen LogP contribution in [0.3, 0.4) is 0 Å². The first-order chi connectivity index (χ1) is 16.0. The molecule has 0 saturated carbocycles. The maximum absolute atomic E-state index is 13.6. The van der Waals surface area contributed by atoms with Crippen molar-refractivity contribution in [2.24, 2.45) is 0 Å². The number of hydrogen-bond donors (Lipinski definition) is 0. The minimum absolute atomic E-state index is 0.185. The monoisotopic (exact) mass is 464 g/mol. The Kier molecular flexibility index (Phi) is 5.33. The van der Waals surface area contributed by atoms with E-state index in [1.54, 1.807) is 30.5 Å². The van der Waals surface area contributed by atoms with Crippen molar-refractivity contribution >= 4 is 17.5 Å². The number of aromatic nitrogens is 5. The lowest BCUT2D eigenvalue weighted by Crippen LogP contribution is -2.45. The van der Waals surface area contributed by atoms with Gasteiger partial charge in [0, 0.05) is 17.1 Å². The molecule has 2 aromatic heterocycles. The topological polar surface area (TPSA) is 99.2 Å². The van der Waals surface area contributed by atoms with Crippen LogP contribution in [0, 0.1) is 13.8 Å². The number of nitrogens with zero attached hydrogens (tertiary/aromatic N) is 6. The minimum atomic E-state index is -0.316. The Bertz CT molecular complexity index is 1330. The number of carbonyl (C=O) groups is 1. The van der Waals surface area contributed by atoms with Crippen molar-refractivity contribution in [2.75, 3.05) is 13.7 Å². The fraction of sp³-hybridized carbons (Fsp3) is 0.261. The Morgan fingerprint density at radius 2 is 2.00 bits per heavy atom. The van der Waals surface area contributed by atoms with Gasteiger partial charge in [0.2, 0.25) is 11.7 Å². The zero-order chi connectivity index (χ0) is 23.1. The van der Waals surface area contributed by atoms with Gasteiger partial charge in [0.15, 0.2) is 0 Å². The maximum atomic E-state index is 13.6. The summed E-state index contributed by atoms with van der Waals surface area (Å²) in [4.78, 5) is 21.3. The number of hydrogen-bond acceptors (Lipinski definition) is 7. The lowest BCUT2D eigenvalue weighted by atomic mass is 9.99. The molecule has 0 radical (unpaired) electrons. The fourth-order valence-electron chi connectivity index (χ4n) is 3.94. The highest BCUT2D eigenvalue weighted by molar-refractivity contribution is 6.31. The molecule has 2 aromatic carbocycles. The van der Waals surface area contributed by atoms with Gasteiger partial charge in [-0.05, 0) is 49.6 Å².